The van der Waals surface area contributed by atoms with Crippen molar-refractivity contribution >= 4 is 12.0 Å². The van der Waals surface area contributed by atoms with Crippen LogP contribution in [0.25, 0.3) is 0 Å². The van der Waals surface area contributed by atoms with Crippen molar-refractivity contribution in [1.29, 1.82) is 0 Å². The molecule has 1 aliphatic rings. The predicted molar refractivity (Wildman–Crippen MR) is 109 cm³/mol. The van der Waals surface area contributed by atoms with Crippen LogP contribution in [0.3, 0.4) is 0 Å². The Morgan fingerprint density at radius 1 is 1.21 bits per heavy atom. The highest BCUT2D eigenvalue weighted by Crippen LogP contribution is 2.26. The minimum Gasteiger partial charge on any atom is -0.507 e. The predicted octanol–water partition coefficient (Wildman–Crippen LogP) is 3.55. The standard InChI is InChI=1S/C21H28N4O3/c1-3-28-22-15-18-5-6-19(14-20(18)26)27-13-10-17-8-11-25(12-9-17)21-7-4-16(2)23-24-21/h4-7,14-15,17,26H,3,8-13H2,1-2H3/b22-15+. The van der Waals surface area contributed by atoms with Crippen LogP contribution in [0.2, 0.25) is 0 Å². The van der Waals surface area contributed by atoms with Crippen molar-refractivity contribution in [3.63, 3.8) is 0 Å². The normalized spacial score (nSPS) is 15.1. The summed E-state index contributed by atoms with van der Waals surface area (Å²) in [6, 6.07) is 9.28. The number of ether oxygens (including phenoxy) is 1. The molecule has 0 radical (unpaired) electrons. The maximum atomic E-state index is 10.0. The highest BCUT2D eigenvalue weighted by Gasteiger charge is 2.20. The van der Waals surface area contributed by atoms with Gasteiger partial charge in [0, 0.05) is 24.7 Å². The largest absolute Gasteiger partial charge is 0.507 e. The van der Waals surface area contributed by atoms with Gasteiger partial charge >= 0.3 is 0 Å². The number of piperidine rings is 1. The number of hydrogen-bond acceptors (Lipinski definition) is 7. The first-order valence-electron chi connectivity index (χ1n) is 9.82. The first-order valence-corrected chi connectivity index (χ1v) is 9.82. The quantitative estimate of drug-likeness (QED) is 0.554. The summed E-state index contributed by atoms with van der Waals surface area (Å²) < 4.78 is 5.82. The minimum absolute atomic E-state index is 0.133. The lowest BCUT2D eigenvalue weighted by Crippen LogP contribution is -2.34. The van der Waals surface area contributed by atoms with E-state index in [1.54, 1.807) is 12.1 Å². The number of nitrogens with zero attached hydrogens (tertiary/aromatic N) is 4. The fraction of sp³-hybridized carbons (Fsp3) is 0.476. The van der Waals surface area contributed by atoms with Gasteiger partial charge in [-0.25, -0.2) is 0 Å². The van der Waals surface area contributed by atoms with Crippen molar-refractivity contribution in [3.05, 3.63) is 41.6 Å². The summed E-state index contributed by atoms with van der Waals surface area (Å²) in [5.74, 6) is 2.40. The van der Waals surface area contributed by atoms with Gasteiger partial charge in [-0.3, -0.25) is 0 Å². The summed E-state index contributed by atoms with van der Waals surface area (Å²) in [5, 5.41) is 22.2. The summed E-state index contributed by atoms with van der Waals surface area (Å²) in [4.78, 5) is 7.21. The number of phenolic OH excluding ortho intramolecular Hbond substituents is 1. The van der Waals surface area contributed by atoms with Gasteiger partial charge in [0.2, 0.25) is 0 Å². The maximum Gasteiger partial charge on any atom is 0.151 e. The van der Waals surface area contributed by atoms with E-state index >= 15 is 0 Å². The lowest BCUT2D eigenvalue weighted by atomic mass is 9.94. The average molecular weight is 384 g/mol. The monoisotopic (exact) mass is 384 g/mol. The summed E-state index contributed by atoms with van der Waals surface area (Å²) in [6.07, 6.45) is 4.74. The zero-order chi connectivity index (χ0) is 19.8. The Bertz CT molecular complexity index is 772. The fourth-order valence-corrected chi connectivity index (χ4v) is 3.25. The van der Waals surface area contributed by atoms with Crippen LogP contribution in [0.5, 0.6) is 11.5 Å². The van der Waals surface area contributed by atoms with Gasteiger partial charge in [-0.05, 0) is 63.3 Å². The number of aryl methyl sites for hydroxylation is 1. The van der Waals surface area contributed by atoms with Crippen molar-refractivity contribution in [2.45, 2.75) is 33.1 Å². The van der Waals surface area contributed by atoms with E-state index in [2.05, 4.69) is 20.3 Å². The summed E-state index contributed by atoms with van der Waals surface area (Å²) in [5.41, 5.74) is 1.55. The smallest absolute Gasteiger partial charge is 0.151 e. The molecule has 2 aromatic rings. The third-order valence-electron chi connectivity index (χ3n) is 4.91. The molecule has 7 heteroatoms. The molecule has 150 valence electrons. The first kappa shape index (κ1) is 19.9. The van der Waals surface area contributed by atoms with Crippen LogP contribution in [0.15, 0.2) is 35.5 Å². The van der Waals surface area contributed by atoms with Gasteiger partial charge in [-0.15, -0.1) is 5.10 Å². The molecule has 0 unspecified atom stereocenters. The number of rotatable bonds is 8. The molecule has 0 spiro atoms. The average Bonchev–Trinajstić information content (AvgIpc) is 2.71. The van der Waals surface area contributed by atoms with Gasteiger partial charge in [0.1, 0.15) is 18.1 Å². The number of phenols is 1. The molecule has 0 bridgehead atoms. The molecule has 2 heterocycles. The van der Waals surface area contributed by atoms with Crippen molar-refractivity contribution in [1.82, 2.24) is 10.2 Å². The van der Waals surface area contributed by atoms with Crippen LogP contribution in [0.4, 0.5) is 5.82 Å². The summed E-state index contributed by atoms with van der Waals surface area (Å²) in [7, 11) is 0. The number of anilines is 1. The Balaban J connectivity index is 1.41. The molecule has 3 rings (SSSR count). The van der Waals surface area contributed by atoms with Crippen LogP contribution in [-0.2, 0) is 4.84 Å². The van der Waals surface area contributed by atoms with Crippen molar-refractivity contribution in [3.8, 4) is 11.5 Å². The summed E-state index contributed by atoms with van der Waals surface area (Å²) >= 11 is 0. The molecule has 0 saturated carbocycles. The molecule has 1 aromatic heterocycles. The number of hydrogen-bond donors (Lipinski definition) is 1. The molecular formula is C21H28N4O3. The molecular weight excluding hydrogens is 356 g/mol. The van der Waals surface area contributed by atoms with E-state index in [0.717, 1.165) is 43.9 Å². The van der Waals surface area contributed by atoms with Crippen molar-refractivity contribution in [2.24, 2.45) is 11.1 Å². The van der Waals surface area contributed by atoms with Gasteiger partial charge in [0.05, 0.1) is 18.5 Å². The molecule has 1 fully saturated rings. The number of aromatic nitrogens is 2. The number of aromatic hydroxyl groups is 1. The van der Waals surface area contributed by atoms with E-state index in [-0.39, 0.29) is 5.75 Å². The van der Waals surface area contributed by atoms with Gasteiger partial charge in [0.15, 0.2) is 5.82 Å². The summed E-state index contributed by atoms with van der Waals surface area (Å²) in [6.45, 7) is 6.93. The molecule has 7 nitrogen and oxygen atoms in total. The maximum absolute atomic E-state index is 10.0. The van der Waals surface area contributed by atoms with E-state index in [0.29, 0.717) is 30.4 Å². The van der Waals surface area contributed by atoms with Crippen molar-refractivity contribution < 1.29 is 14.7 Å². The molecule has 1 saturated heterocycles. The molecule has 0 amide bonds. The highest BCUT2D eigenvalue weighted by atomic mass is 16.6. The number of benzene rings is 1. The van der Waals surface area contributed by atoms with E-state index in [1.165, 1.54) is 6.21 Å². The van der Waals surface area contributed by atoms with Gasteiger partial charge in [0.25, 0.3) is 0 Å². The molecule has 1 N–H and O–H groups in total. The lowest BCUT2D eigenvalue weighted by molar-refractivity contribution is 0.160. The molecule has 0 atom stereocenters. The number of oxime groups is 1. The fourth-order valence-electron chi connectivity index (χ4n) is 3.25. The van der Waals surface area contributed by atoms with E-state index in [1.807, 2.05) is 32.0 Å². The van der Waals surface area contributed by atoms with Crippen molar-refractivity contribution in [2.75, 3.05) is 31.2 Å². The molecule has 28 heavy (non-hydrogen) atoms. The Hall–Kier alpha value is -2.83. The van der Waals surface area contributed by atoms with Crippen LogP contribution < -0.4 is 9.64 Å². The Morgan fingerprint density at radius 2 is 2.04 bits per heavy atom. The third-order valence-corrected chi connectivity index (χ3v) is 4.91. The lowest BCUT2D eigenvalue weighted by Gasteiger charge is -2.32. The molecule has 0 aliphatic carbocycles. The van der Waals surface area contributed by atoms with Crippen LogP contribution >= 0.6 is 0 Å². The van der Waals surface area contributed by atoms with Gasteiger partial charge in [-0.2, -0.15) is 5.10 Å². The Morgan fingerprint density at radius 3 is 2.71 bits per heavy atom. The second-order valence-electron chi connectivity index (χ2n) is 6.97. The Labute approximate surface area is 166 Å². The van der Waals surface area contributed by atoms with E-state index in [4.69, 9.17) is 9.57 Å². The van der Waals surface area contributed by atoms with Crippen LogP contribution in [-0.4, -0.2) is 47.8 Å². The Kier molecular flexibility index (Phi) is 7.06. The van der Waals surface area contributed by atoms with E-state index in [9.17, 15) is 5.11 Å². The topological polar surface area (TPSA) is 80.1 Å². The molecule has 1 aliphatic heterocycles. The van der Waals surface area contributed by atoms with Crippen LogP contribution in [0.1, 0.15) is 37.4 Å². The zero-order valence-electron chi connectivity index (χ0n) is 16.5. The first-order chi connectivity index (χ1) is 13.7. The molecule has 1 aromatic carbocycles. The zero-order valence-corrected chi connectivity index (χ0v) is 16.5. The minimum atomic E-state index is 0.133. The van der Waals surface area contributed by atoms with Gasteiger partial charge in [-0.1, -0.05) is 5.16 Å². The third kappa shape index (κ3) is 5.58. The second kappa shape index (κ2) is 9.92. The van der Waals surface area contributed by atoms with Gasteiger partial charge < -0.3 is 19.6 Å². The van der Waals surface area contributed by atoms with Crippen LogP contribution in [0, 0.1) is 12.8 Å². The SMILES string of the molecule is CCO/N=C/c1ccc(OCCC2CCN(c3ccc(C)nn3)CC2)cc1O. The van der Waals surface area contributed by atoms with E-state index < -0.39 is 0 Å². The highest BCUT2D eigenvalue weighted by molar-refractivity contribution is 5.83. The second-order valence-corrected chi connectivity index (χ2v) is 6.97.